The lowest BCUT2D eigenvalue weighted by Crippen LogP contribution is -1.86. The number of nitrogens with one attached hydrogen (secondary N) is 1. The minimum atomic E-state index is 0.386. The van der Waals surface area contributed by atoms with Gasteiger partial charge in [-0.25, -0.2) is 0 Å². The number of aromatic nitrogens is 1. The molecular formula is C10H9N3O. The van der Waals surface area contributed by atoms with Crippen molar-refractivity contribution in [3.8, 4) is 17.5 Å². The molecule has 0 saturated carbocycles. The highest BCUT2D eigenvalue weighted by Crippen LogP contribution is 2.28. The number of furan rings is 1. The standard InChI is InChI=1S/C10H9N3O/c1-6-7(5-11)10(12)13-9(6)8-3-2-4-14-8/h2-4,13H,12H2,1H3. The van der Waals surface area contributed by atoms with Gasteiger partial charge in [-0.15, -0.1) is 0 Å². The second-order valence-corrected chi connectivity index (χ2v) is 3.00. The summed E-state index contributed by atoms with van der Waals surface area (Å²) in [5.74, 6) is 1.08. The SMILES string of the molecule is Cc1c(-c2ccco2)[nH]c(N)c1C#N. The lowest BCUT2D eigenvalue weighted by molar-refractivity contribution is 0.580. The van der Waals surface area contributed by atoms with E-state index in [2.05, 4.69) is 4.98 Å². The third-order valence-corrected chi connectivity index (χ3v) is 2.16. The van der Waals surface area contributed by atoms with E-state index in [1.165, 1.54) is 0 Å². The van der Waals surface area contributed by atoms with Gasteiger partial charge in [0.25, 0.3) is 0 Å². The molecule has 4 heteroatoms. The Bertz CT molecular complexity index is 488. The Morgan fingerprint density at radius 1 is 1.57 bits per heavy atom. The molecule has 0 fully saturated rings. The first kappa shape index (κ1) is 8.45. The average molecular weight is 187 g/mol. The molecule has 2 rings (SSSR count). The average Bonchev–Trinajstić information content (AvgIpc) is 2.74. The largest absolute Gasteiger partial charge is 0.463 e. The fraction of sp³-hybridized carbons (Fsp3) is 0.100. The zero-order valence-corrected chi connectivity index (χ0v) is 7.66. The Morgan fingerprint density at radius 3 is 2.86 bits per heavy atom. The van der Waals surface area contributed by atoms with E-state index < -0.39 is 0 Å². The normalized spacial score (nSPS) is 10.0. The Labute approximate surface area is 81.0 Å². The van der Waals surface area contributed by atoms with Crippen LogP contribution in [0.4, 0.5) is 5.82 Å². The van der Waals surface area contributed by atoms with Gasteiger partial charge in [-0.2, -0.15) is 5.26 Å². The predicted molar refractivity (Wildman–Crippen MR) is 52.4 cm³/mol. The van der Waals surface area contributed by atoms with Crippen molar-refractivity contribution in [3.05, 3.63) is 29.5 Å². The summed E-state index contributed by atoms with van der Waals surface area (Å²) in [6, 6.07) is 5.66. The van der Waals surface area contributed by atoms with Gasteiger partial charge in [0.2, 0.25) is 0 Å². The van der Waals surface area contributed by atoms with E-state index >= 15 is 0 Å². The van der Waals surface area contributed by atoms with E-state index in [0.29, 0.717) is 17.1 Å². The summed E-state index contributed by atoms with van der Waals surface area (Å²) in [4.78, 5) is 2.93. The fourth-order valence-electron chi connectivity index (χ4n) is 1.43. The van der Waals surface area contributed by atoms with Gasteiger partial charge in [-0.1, -0.05) is 0 Å². The monoisotopic (exact) mass is 187 g/mol. The molecule has 2 heterocycles. The first-order valence-corrected chi connectivity index (χ1v) is 4.16. The molecule has 0 radical (unpaired) electrons. The van der Waals surface area contributed by atoms with Gasteiger partial charge in [0, 0.05) is 0 Å². The molecule has 0 aliphatic carbocycles. The summed E-state index contributed by atoms with van der Waals surface area (Å²) in [6.07, 6.45) is 1.58. The van der Waals surface area contributed by atoms with Crippen molar-refractivity contribution in [3.63, 3.8) is 0 Å². The molecule has 0 aliphatic rings. The smallest absolute Gasteiger partial charge is 0.150 e. The van der Waals surface area contributed by atoms with E-state index in [4.69, 9.17) is 15.4 Å². The summed E-state index contributed by atoms with van der Waals surface area (Å²) in [6.45, 7) is 1.84. The highest BCUT2D eigenvalue weighted by molar-refractivity contribution is 5.69. The maximum Gasteiger partial charge on any atom is 0.150 e. The zero-order valence-electron chi connectivity index (χ0n) is 7.66. The molecule has 0 saturated heterocycles. The van der Waals surface area contributed by atoms with Crippen molar-refractivity contribution >= 4 is 5.82 Å². The van der Waals surface area contributed by atoms with Crippen LogP contribution in [0.5, 0.6) is 0 Å². The van der Waals surface area contributed by atoms with E-state index in [0.717, 1.165) is 11.3 Å². The predicted octanol–water partition coefficient (Wildman–Crippen LogP) is 2.04. The van der Waals surface area contributed by atoms with Crippen molar-refractivity contribution in [2.45, 2.75) is 6.92 Å². The maximum atomic E-state index is 8.83. The van der Waals surface area contributed by atoms with Gasteiger partial charge in [0.1, 0.15) is 17.6 Å². The number of rotatable bonds is 1. The molecule has 4 nitrogen and oxygen atoms in total. The minimum Gasteiger partial charge on any atom is -0.463 e. The summed E-state index contributed by atoms with van der Waals surface area (Å²) >= 11 is 0. The van der Waals surface area contributed by atoms with Crippen LogP contribution >= 0.6 is 0 Å². The van der Waals surface area contributed by atoms with Crippen molar-refractivity contribution in [1.29, 1.82) is 5.26 Å². The zero-order chi connectivity index (χ0) is 10.1. The van der Waals surface area contributed by atoms with Crippen LogP contribution in [0.25, 0.3) is 11.5 Å². The van der Waals surface area contributed by atoms with E-state index in [1.54, 1.807) is 12.3 Å². The molecule has 2 aromatic rings. The van der Waals surface area contributed by atoms with Crippen LogP contribution < -0.4 is 5.73 Å². The topological polar surface area (TPSA) is 78.7 Å². The summed E-state index contributed by atoms with van der Waals surface area (Å²) in [7, 11) is 0. The van der Waals surface area contributed by atoms with Crippen LogP contribution in [0.3, 0.4) is 0 Å². The Kier molecular flexibility index (Phi) is 1.79. The Balaban J connectivity index is 2.63. The number of hydrogen-bond acceptors (Lipinski definition) is 3. The van der Waals surface area contributed by atoms with Gasteiger partial charge in [-0.05, 0) is 24.6 Å². The van der Waals surface area contributed by atoms with Crippen LogP contribution in [-0.4, -0.2) is 4.98 Å². The van der Waals surface area contributed by atoms with Gasteiger partial charge in [0.15, 0.2) is 0 Å². The first-order chi connectivity index (χ1) is 6.74. The van der Waals surface area contributed by atoms with Gasteiger partial charge in [-0.3, -0.25) is 0 Å². The number of nitriles is 1. The quantitative estimate of drug-likeness (QED) is 0.716. The molecule has 0 spiro atoms. The van der Waals surface area contributed by atoms with Crippen molar-refractivity contribution in [2.75, 3.05) is 5.73 Å². The molecule has 0 atom stereocenters. The molecule has 0 aromatic carbocycles. The second kappa shape index (κ2) is 2.96. The number of nitrogens with two attached hydrogens (primary N) is 1. The number of H-pyrrole nitrogens is 1. The van der Waals surface area contributed by atoms with Gasteiger partial charge < -0.3 is 15.1 Å². The molecule has 2 aromatic heterocycles. The minimum absolute atomic E-state index is 0.386. The van der Waals surface area contributed by atoms with Gasteiger partial charge in [0.05, 0.1) is 17.5 Å². The van der Waals surface area contributed by atoms with E-state index in [9.17, 15) is 0 Å². The lowest BCUT2D eigenvalue weighted by atomic mass is 10.1. The number of nitrogen functional groups attached to an aromatic ring is 1. The second-order valence-electron chi connectivity index (χ2n) is 3.00. The maximum absolute atomic E-state index is 8.83. The first-order valence-electron chi connectivity index (χ1n) is 4.16. The Hall–Kier alpha value is -2.15. The summed E-state index contributed by atoms with van der Waals surface area (Å²) in [5, 5.41) is 8.83. The van der Waals surface area contributed by atoms with Gasteiger partial charge >= 0.3 is 0 Å². The van der Waals surface area contributed by atoms with E-state index in [1.807, 2.05) is 19.1 Å². The highest BCUT2D eigenvalue weighted by atomic mass is 16.3. The number of nitrogens with zero attached hydrogens (tertiary/aromatic N) is 1. The summed E-state index contributed by atoms with van der Waals surface area (Å²) in [5.41, 5.74) is 7.71. The van der Waals surface area contributed by atoms with Crippen LogP contribution in [0.1, 0.15) is 11.1 Å². The van der Waals surface area contributed by atoms with Crippen molar-refractivity contribution in [2.24, 2.45) is 0 Å². The lowest BCUT2D eigenvalue weighted by Gasteiger charge is -1.93. The molecular weight excluding hydrogens is 178 g/mol. The third kappa shape index (κ3) is 1.07. The highest BCUT2D eigenvalue weighted by Gasteiger charge is 2.14. The number of hydrogen-bond donors (Lipinski definition) is 2. The van der Waals surface area contributed by atoms with Crippen molar-refractivity contribution in [1.82, 2.24) is 4.98 Å². The fourth-order valence-corrected chi connectivity index (χ4v) is 1.43. The number of anilines is 1. The molecule has 0 aliphatic heterocycles. The molecule has 0 amide bonds. The molecule has 70 valence electrons. The molecule has 0 bridgehead atoms. The third-order valence-electron chi connectivity index (χ3n) is 2.16. The van der Waals surface area contributed by atoms with E-state index in [-0.39, 0.29) is 0 Å². The summed E-state index contributed by atoms with van der Waals surface area (Å²) < 4.78 is 5.22. The number of aromatic amines is 1. The van der Waals surface area contributed by atoms with Crippen LogP contribution in [0.15, 0.2) is 22.8 Å². The Morgan fingerprint density at radius 2 is 2.36 bits per heavy atom. The molecule has 0 unspecified atom stereocenters. The van der Waals surface area contributed by atoms with Crippen LogP contribution in [0.2, 0.25) is 0 Å². The molecule has 3 N–H and O–H groups in total. The van der Waals surface area contributed by atoms with Crippen LogP contribution in [-0.2, 0) is 0 Å². The van der Waals surface area contributed by atoms with Crippen LogP contribution in [0, 0.1) is 18.3 Å². The van der Waals surface area contributed by atoms with Crippen molar-refractivity contribution < 1.29 is 4.42 Å². The molecule has 14 heavy (non-hydrogen) atoms.